The summed E-state index contributed by atoms with van der Waals surface area (Å²) in [7, 11) is 0. The first-order chi connectivity index (χ1) is 5.74. The van der Waals surface area contributed by atoms with Gasteiger partial charge in [-0.1, -0.05) is 6.07 Å². The van der Waals surface area contributed by atoms with Gasteiger partial charge in [-0.25, -0.2) is 4.98 Å². The molecule has 1 heterocycles. The molecule has 1 rings (SSSR count). The quantitative estimate of drug-likeness (QED) is 0.783. The van der Waals surface area contributed by atoms with E-state index in [1.165, 1.54) is 0 Å². The Hall–Kier alpha value is -0.920. The summed E-state index contributed by atoms with van der Waals surface area (Å²) in [6, 6.07) is 5.36. The maximum Gasteiger partial charge on any atom is 0.106 e. The summed E-state index contributed by atoms with van der Waals surface area (Å²) in [6.45, 7) is 0. The fraction of sp³-hybridized carbons (Fsp3) is 0.250. The zero-order valence-electron chi connectivity index (χ0n) is 6.24. The number of rotatable bonds is 2. The van der Waals surface area contributed by atoms with Crippen molar-refractivity contribution in [1.29, 1.82) is 5.26 Å². The van der Waals surface area contributed by atoms with Crippen molar-refractivity contribution in [3.8, 4) is 6.07 Å². The van der Waals surface area contributed by atoms with Gasteiger partial charge in [0, 0.05) is 6.20 Å². The van der Waals surface area contributed by atoms with Crippen LogP contribution in [-0.4, -0.2) is 10.1 Å². The molecule has 0 aromatic carbocycles. The first kappa shape index (κ1) is 9.17. The molecule has 0 aliphatic carbocycles. The van der Waals surface area contributed by atoms with Crippen molar-refractivity contribution in [1.82, 2.24) is 4.98 Å². The Morgan fingerprint density at radius 1 is 1.67 bits per heavy atom. The molecule has 0 fully saturated rings. The van der Waals surface area contributed by atoms with Crippen LogP contribution >= 0.6 is 15.9 Å². The van der Waals surface area contributed by atoms with Gasteiger partial charge >= 0.3 is 0 Å². The van der Waals surface area contributed by atoms with Gasteiger partial charge < -0.3 is 5.11 Å². The molecule has 0 radical (unpaired) electrons. The Kier molecular flexibility index (Phi) is 3.20. The molecule has 1 aromatic rings. The fourth-order valence-corrected chi connectivity index (χ4v) is 1.02. The molecule has 0 saturated heterocycles. The van der Waals surface area contributed by atoms with Crippen LogP contribution in [0.4, 0.5) is 0 Å². The number of nitrogens with zero attached hydrogens (tertiary/aromatic N) is 2. The van der Waals surface area contributed by atoms with Gasteiger partial charge in [0.15, 0.2) is 0 Å². The van der Waals surface area contributed by atoms with E-state index in [9.17, 15) is 5.11 Å². The van der Waals surface area contributed by atoms with Crippen molar-refractivity contribution in [3.05, 3.63) is 28.5 Å². The van der Waals surface area contributed by atoms with E-state index in [0.29, 0.717) is 5.56 Å². The molecule has 1 atom stereocenters. The van der Waals surface area contributed by atoms with Crippen molar-refractivity contribution in [2.75, 3.05) is 0 Å². The van der Waals surface area contributed by atoms with Crippen LogP contribution in [0.5, 0.6) is 0 Å². The van der Waals surface area contributed by atoms with E-state index >= 15 is 0 Å². The van der Waals surface area contributed by atoms with E-state index in [1.807, 2.05) is 6.07 Å². The molecule has 0 amide bonds. The number of aliphatic hydroxyl groups excluding tert-OH is 1. The highest BCUT2D eigenvalue weighted by atomic mass is 79.9. The van der Waals surface area contributed by atoms with Gasteiger partial charge in [0.25, 0.3) is 0 Å². The zero-order valence-corrected chi connectivity index (χ0v) is 7.82. The van der Waals surface area contributed by atoms with Crippen LogP contribution < -0.4 is 0 Å². The van der Waals surface area contributed by atoms with Crippen LogP contribution in [0.2, 0.25) is 0 Å². The van der Waals surface area contributed by atoms with E-state index in [1.54, 1.807) is 18.3 Å². The average Bonchev–Trinajstić information content (AvgIpc) is 2.06. The summed E-state index contributed by atoms with van der Waals surface area (Å²) in [5, 5.41) is 17.6. The van der Waals surface area contributed by atoms with Crippen LogP contribution in [0.25, 0.3) is 0 Å². The lowest BCUT2D eigenvalue weighted by atomic mass is 10.1. The molecule has 62 valence electrons. The normalized spacial score (nSPS) is 12.1. The van der Waals surface area contributed by atoms with Crippen LogP contribution in [0, 0.1) is 11.3 Å². The maximum absolute atomic E-state index is 9.33. The van der Waals surface area contributed by atoms with Crippen molar-refractivity contribution in [3.63, 3.8) is 0 Å². The van der Waals surface area contributed by atoms with E-state index in [-0.39, 0.29) is 6.42 Å². The van der Waals surface area contributed by atoms with Gasteiger partial charge in [-0.15, -0.1) is 0 Å². The molecule has 0 saturated carbocycles. The number of hydrogen-bond acceptors (Lipinski definition) is 3. The van der Waals surface area contributed by atoms with Crippen molar-refractivity contribution in [2.24, 2.45) is 0 Å². The summed E-state index contributed by atoms with van der Waals surface area (Å²) in [5.41, 5.74) is 0.666. The lowest BCUT2D eigenvalue weighted by Crippen LogP contribution is -1.96. The molecule has 0 aliphatic rings. The lowest BCUT2D eigenvalue weighted by Gasteiger charge is -2.04. The molecule has 0 bridgehead atoms. The largest absolute Gasteiger partial charge is 0.387 e. The number of hydrogen-bond donors (Lipinski definition) is 1. The van der Waals surface area contributed by atoms with E-state index < -0.39 is 6.10 Å². The third-order valence-electron chi connectivity index (χ3n) is 1.42. The predicted octanol–water partition coefficient (Wildman–Crippen LogP) is 1.79. The highest BCUT2D eigenvalue weighted by Crippen LogP contribution is 2.16. The Bertz CT molecular complexity index is 291. The van der Waals surface area contributed by atoms with Gasteiger partial charge in [0.05, 0.1) is 18.6 Å². The standard InChI is InChI=1S/C8H7BrN2O/c9-8-2-1-6(5-11-8)7(12)3-4-10/h1-2,5,7,12H,3H2. The number of pyridine rings is 1. The molecule has 0 aliphatic heterocycles. The summed E-state index contributed by atoms with van der Waals surface area (Å²) in [4.78, 5) is 3.93. The second-order valence-corrected chi connectivity index (χ2v) is 3.10. The smallest absolute Gasteiger partial charge is 0.106 e. The minimum Gasteiger partial charge on any atom is -0.387 e. The van der Waals surface area contributed by atoms with Crippen molar-refractivity contribution in [2.45, 2.75) is 12.5 Å². The Morgan fingerprint density at radius 3 is 2.92 bits per heavy atom. The molecule has 1 N–H and O–H groups in total. The topological polar surface area (TPSA) is 56.9 Å². The van der Waals surface area contributed by atoms with E-state index in [0.717, 1.165) is 4.60 Å². The highest BCUT2D eigenvalue weighted by Gasteiger charge is 2.05. The van der Waals surface area contributed by atoms with Crippen LogP contribution in [0.1, 0.15) is 18.1 Å². The van der Waals surface area contributed by atoms with Crippen LogP contribution in [0.15, 0.2) is 22.9 Å². The number of halogens is 1. The monoisotopic (exact) mass is 226 g/mol. The Labute approximate surface area is 78.8 Å². The number of aromatic nitrogens is 1. The second kappa shape index (κ2) is 4.19. The van der Waals surface area contributed by atoms with Gasteiger partial charge in [-0.2, -0.15) is 5.26 Å². The number of nitriles is 1. The van der Waals surface area contributed by atoms with Gasteiger partial charge in [-0.05, 0) is 27.6 Å². The summed E-state index contributed by atoms with van der Waals surface area (Å²) < 4.78 is 0.718. The first-order valence-electron chi connectivity index (χ1n) is 3.40. The van der Waals surface area contributed by atoms with E-state index in [4.69, 9.17) is 5.26 Å². The predicted molar refractivity (Wildman–Crippen MR) is 47.1 cm³/mol. The summed E-state index contributed by atoms with van der Waals surface area (Å²) >= 11 is 3.18. The zero-order chi connectivity index (χ0) is 8.97. The van der Waals surface area contributed by atoms with E-state index in [2.05, 4.69) is 20.9 Å². The minimum absolute atomic E-state index is 0.101. The van der Waals surface area contributed by atoms with Gasteiger partial charge in [-0.3, -0.25) is 0 Å². The maximum atomic E-state index is 9.33. The SMILES string of the molecule is N#CCC(O)c1ccc(Br)nc1. The Balaban J connectivity index is 2.76. The molecule has 4 heteroatoms. The molecule has 12 heavy (non-hydrogen) atoms. The molecule has 0 spiro atoms. The average molecular weight is 227 g/mol. The number of aliphatic hydroxyl groups is 1. The third kappa shape index (κ3) is 2.29. The lowest BCUT2D eigenvalue weighted by molar-refractivity contribution is 0.183. The van der Waals surface area contributed by atoms with Gasteiger partial charge in [0.2, 0.25) is 0 Å². The summed E-state index contributed by atoms with van der Waals surface area (Å²) in [5.74, 6) is 0. The van der Waals surface area contributed by atoms with Crippen LogP contribution in [0.3, 0.4) is 0 Å². The molecular weight excluding hydrogens is 220 g/mol. The summed E-state index contributed by atoms with van der Waals surface area (Å²) in [6.07, 6.45) is 0.922. The fourth-order valence-electron chi connectivity index (χ4n) is 0.789. The Morgan fingerprint density at radius 2 is 2.42 bits per heavy atom. The minimum atomic E-state index is -0.726. The first-order valence-corrected chi connectivity index (χ1v) is 4.20. The van der Waals surface area contributed by atoms with Crippen LogP contribution in [-0.2, 0) is 0 Å². The molecule has 3 nitrogen and oxygen atoms in total. The highest BCUT2D eigenvalue weighted by molar-refractivity contribution is 9.10. The van der Waals surface area contributed by atoms with Crippen molar-refractivity contribution >= 4 is 15.9 Å². The molecular formula is C8H7BrN2O. The van der Waals surface area contributed by atoms with Crippen molar-refractivity contribution < 1.29 is 5.11 Å². The molecule has 1 aromatic heterocycles. The molecule has 1 unspecified atom stereocenters. The van der Waals surface area contributed by atoms with Gasteiger partial charge in [0.1, 0.15) is 4.60 Å². The third-order valence-corrected chi connectivity index (χ3v) is 1.89. The second-order valence-electron chi connectivity index (χ2n) is 2.29.